The normalized spacial score (nSPS) is 15.3. The van der Waals surface area contributed by atoms with Gasteiger partial charge in [-0.1, -0.05) is 54.0 Å². The van der Waals surface area contributed by atoms with Crippen molar-refractivity contribution in [3.8, 4) is 0 Å². The lowest BCUT2D eigenvalue weighted by Crippen LogP contribution is -2.48. The molecule has 0 radical (unpaired) electrons. The molecular weight excluding hydrogens is 324 g/mol. The van der Waals surface area contributed by atoms with Gasteiger partial charge in [0.25, 0.3) is 0 Å². The smallest absolute Gasteiger partial charge is 0.376 e. The van der Waals surface area contributed by atoms with Crippen molar-refractivity contribution in [3.05, 3.63) is 35.4 Å². The summed E-state index contributed by atoms with van der Waals surface area (Å²) in [6.45, 7) is 4.26. The molecule has 0 bridgehead atoms. The summed E-state index contributed by atoms with van der Waals surface area (Å²) >= 11 is 3.69. The first-order chi connectivity index (χ1) is 9.04. The molecule has 0 saturated heterocycles. The van der Waals surface area contributed by atoms with Crippen LogP contribution in [0.25, 0.3) is 0 Å². The monoisotopic (exact) mass is 346 g/mol. The zero-order valence-electron chi connectivity index (χ0n) is 12.3. The number of alkyl halides is 1. The predicted molar refractivity (Wildman–Crippen MR) is 83.6 cm³/mol. The third-order valence-electron chi connectivity index (χ3n) is 3.51. The van der Waals surface area contributed by atoms with E-state index in [-0.39, 0.29) is 5.54 Å². The lowest BCUT2D eigenvalue weighted by atomic mass is 10.1. The van der Waals surface area contributed by atoms with E-state index in [1.165, 1.54) is 11.1 Å². The molecule has 108 valence electrons. The van der Waals surface area contributed by atoms with E-state index in [2.05, 4.69) is 54.0 Å². The lowest BCUT2D eigenvalue weighted by Gasteiger charge is -2.30. The molecule has 1 rings (SSSR count). The molecule has 1 aromatic carbocycles. The summed E-state index contributed by atoms with van der Waals surface area (Å²) in [6.07, 6.45) is 1.05. The molecule has 0 aliphatic heterocycles. The minimum atomic E-state index is -2.64. The molecular formula is C14H23BrO3Si. The van der Waals surface area contributed by atoms with Gasteiger partial charge >= 0.3 is 8.80 Å². The Kier molecular flexibility index (Phi) is 6.69. The van der Waals surface area contributed by atoms with E-state index in [9.17, 15) is 0 Å². The van der Waals surface area contributed by atoms with Gasteiger partial charge in [0.15, 0.2) is 0 Å². The van der Waals surface area contributed by atoms with Crippen molar-refractivity contribution in [2.75, 3.05) is 21.3 Å². The third-order valence-corrected chi connectivity index (χ3v) is 7.79. The van der Waals surface area contributed by atoms with E-state index >= 15 is 0 Å². The van der Waals surface area contributed by atoms with Crippen LogP contribution in [0.2, 0.25) is 0 Å². The van der Waals surface area contributed by atoms with E-state index in [1.807, 2.05) is 0 Å². The third kappa shape index (κ3) is 3.67. The zero-order valence-corrected chi connectivity index (χ0v) is 14.9. The number of hydrogen-bond acceptors (Lipinski definition) is 3. The van der Waals surface area contributed by atoms with Gasteiger partial charge in [0.1, 0.15) is 0 Å². The largest absolute Gasteiger partial charge is 0.507 e. The Morgan fingerprint density at radius 3 is 2.11 bits per heavy atom. The topological polar surface area (TPSA) is 27.7 Å². The molecule has 1 aromatic rings. The molecule has 0 aromatic heterocycles. The highest BCUT2D eigenvalue weighted by atomic mass is 79.9. The molecule has 5 heteroatoms. The minimum Gasteiger partial charge on any atom is -0.376 e. The summed E-state index contributed by atoms with van der Waals surface area (Å²) in [6, 6.07) is 8.51. The van der Waals surface area contributed by atoms with Crippen molar-refractivity contribution in [1.29, 1.82) is 0 Å². The summed E-state index contributed by atoms with van der Waals surface area (Å²) in [5.74, 6) is 0. The number of halogens is 1. The first kappa shape index (κ1) is 16.9. The van der Waals surface area contributed by atoms with Crippen molar-refractivity contribution in [2.45, 2.75) is 30.6 Å². The van der Waals surface area contributed by atoms with Crippen LogP contribution in [0.1, 0.15) is 41.8 Å². The fourth-order valence-electron chi connectivity index (χ4n) is 2.24. The van der Waals surface area contributed by atoms with Gasteiger partial charge in [-0.2, -0.15) is 0 Å². The van der Waals surface area contributed by atoms with Gasteiger partial charge in [-0.05, 0) is 17.5 Å². The van der Waals surface area contributed by atoms with E-state index in [1.54, 1.807) is 21.3 Å². The van der Waals surface area contributed by atoms with Gasteiger partial charge in [-0.3, -0.25) is 0 Å². The van der Waals surface area contributed by atoms with Crippen LogP contribution in [0.15, 0.2) is 24.3 Å². The molecule has 3 nitrogen and oxygen atoms in total. The molecule has 2 unspecified atom stereocenters. The van der Waals surface area contributed by atoms with Crippen LogP contribution in [0.5, 0.6) is 0 Å². The van der Waals surface area contributed by atoms with E-state index in [0.29, 0.717) is 4.83 Å². The summed E-state index contributed by atoms with van der Waals surface area (Å²) in [4.78, 5) is 0.378. The molecule has 0 aliphatic carbocycles. The Bertz CT molecular complexity index is 388. The van der Waals surface area contributed by atoms with E-state index in [0.717, 1.165) is 6.42 Å². The zero-order chi connectivity index (χ0) is 14.5. The molecule has 0 spiro atoms. The van der Waals surface area contributed by atoms with Crippen LogP contribution in [-0.4, -0.2) is 30.1 Å². The second-order valence-corrected chi connectivity index (χ2v) is 8.89. The van der Waals surface area contributed by atoms with E-state index in [4.69, 9.17) is 13.3 Å². The fraction of sp³-hybridized carbons (Fsp3) is 0.571. The Morgan fingerprint density at radius 1 is 1.11 bits per heavy atom. The Labute approximate surface area is 125 Å². The van der Waals surface area contributed by atoms with Crippen LogP contribution in [0.3, 0.4) is 0 Å². The molecule has 0 aliphatic rings. The predicted octanol–water partition coefficient (Wildman–Crippen LogP) is 4.05. The molecule has 0 N–H and O–H groups in total. The Balaban J connectivity index is 3.08. The highest BCUT2D eigenvalue weighted by Crippen LogP contribution is 2.32. The minimum absolute atomic E-state index is 0.101. The van der Waals surface area contributed by atoms with Gasteiger partial charge in [0.05, 0.1) is 5.54 Å². The van der Waals surface area contributed by atoms with Crippen LogP contribution in [-0.2, 0) is 13.3 Å². The number of benzene rings is 1. The summed E-state index contributed by atoms with van der Waals surface area (Å²) in [7, 11) is 2.31. The second kappa shape index (κ2) is 7.55. The van der Waals surface area contributed by atoms with Crippen molar-refractivity contribution < 1.29 is 13.3 Å². The quantitative estimate of drug-likeness (QED) is 0.550. The molecule has 0 amide bonds. The van der Waals surface area contributed by atoms with Gasteiger partial charge in [-0.15, -0.1) is 0 Å². The maximum absolute atomic E-state index is 5.56. The average molecular weight is 347 g/mol. The van der Waals surface area contributed by atoms with Crippen LogP contribution in [0, 0.1) is 0 Å². The highest BCUT2D eigenvalue weighted by molar-refractivity contribution is 9.09. The van der Waals surface area contributed by atoms with Crippen LogP contribution < -0.4 is 0 Å². The molecule has 0 saturated carbocycles. The van der Waals surface area contributed by atoms with Gasteiger partial charge in [0, 0.05) is 26.2 Å². The van der Waals surface area contributed by atoms with Gasteiger partial charge in [-0.25, -0.2) is 0 Å². The fourth-order valence-corrected chi connectivity index (χ4v) is 4.68. The standard InChI is InChI=1S/C14H23BrO3Si/c1-6-14(15)13-9-7-8-12(10-13)11(2)19(16-3,17-4)18-5/h7-11,14H,6H2,1-5H3. The van der Waals surface area contributed by atoms with Crippen molar-refractivity contribution in [2.24, 2.45) is 0 Å². The van der Waals surface area contributed by atoms with Crippen molar-refractivity contribution >= 4 is 24.7 Å². The molecule has 0 fully saturated rings. The second-order valence-electron chi connectivity index (χ2n) is 4.48. The number of hydrogen-bond donors (Lipinski definition) is 0. The van der Waals surface area contributed by atoms with Crippen LogP contribution in [0.4, 0.5) is 0 Å². The summed E-state index contributed by atoms with van der Waals surface area (Å²) in [5.41, 5.74) is 2.56. The Morgan fingerprint density at radius 2 is 1.63 bits per heavy atom. The molecule has 19 heavy (non-hydrogen) atoms. The maximum Gasteiger partial charge on any atom is 0.507 e. The Hall–Kier alpha value is -0.203. The molecule has 2 atom stereocenters. The highest BCUT2D eigenvalue weighted by Gasteiger charge is 2.45. The van der Waals surface area contributed by atoms with Crippen molar-refractivity contribution in [3.63, 3.8) is 0 Å². The SMILES string of the molecule is CCC(Br)c1cccc(C(C)[Si](OC)(OC)OC)c1. The maximum atomic E-state index is 5.56. The lowest BCUT2D eigenvalue weighted by molar-refractivity contribution is 0.114. The first-order valence-corrected chi connectivity index (χ1v) is 9.15. The average Bonchev–Trinajstić information content (AvgIpc) is 2.48. The van der Waals surface area contributed by atoms with Gasteiger partial charge in [0.2, 0.25) is 0 Å². The van der Waals surface area contributed by atoms with Crippen LogP contribution >= 0.6 is 15.9 Å². The first-order valence-electron chi connectivity index (χ1n) is 6.44. The summed E-state index contributed by atoms with van der Waals surface area (Å²) < 4.78 is 16.7. The van der Waals surface area contributed by atoms with Gasteiger partial charge < -0.3 is 13.3 Å². The van der Waals surface area contributed by atoms with Crippen molar-refractivity contribution in [1.82, 2.24) is 0 Å². The van der Waals surface area contributed by atoms with E-state index < -0.39 is 8.80 Å². The molecule has 0 heterocycles. The number of rotatable bonds is 7. The summed E-state index contributed by atoms with van der Waals surface area (Å²) in [5, 5.41) is 0.